The van der Waals surface area contributed by atoms with Gasteiger partial charge in [0.25, 0.3) is 0 Å². The highest BCUT2D eigenvalue weighted by molar-refractivity contribution is 5.86. The second kappa shape index (κ2) is 7.25. The van der Waals surface area contributed by atoms with Crippen LogP contribution in [0.1, 0.15) is 27.7 Å². The van der Waals surface area contributed by atoms with Gasteiger partial charge >= 0.3 is 5.97 Å². The van der Waals surface area contributed by atoms with Crippen LogP contribution in [-0.2, 0) is 9.59 Å². The number of nitrogens with zero attached hydrogens (tertiary/aromatic N) is 1. The molecule has 0 aromatic carbocycles. The normalized spacial score (nSPS) is 16.9. The third kappa shape index (κ3) is 5.00. The standard InChI is InChI=1S/C13H24N2O4/c1-7(2)10(6-8(3)13(18)19)15(5)12(17)11(14)9(4)16/h6-7,9-11,16H,14H2,1-5H3,(H,18,19)/t9-,10+,11-/m0/s1. The average molecular weight is 272 g/mol. The first kappa shape index (κ1) is 17.6. The lowest BCUT2D eigenvalue weighted by Gasteiger charge is -2.32. The molecule has 0 fully saturated rings. The van der Waals surface area contributed by atoms with E-state index in [0.29, 0.717) is 0 Å². The van der Waals surface area contributed by atoms with E-state index in [4.69, 9.17) is 10.8 Å². The predicted molar refractivity (Wildman–Crippen MR) is 72.4 cm³/mol. The monoisotopic (exact) mass is 272 g/mol. The number of carbonyl (C=O) groups is 2. The molecular weight excluding hydrogens is 248 g/mol. The molecule has 0 rings (SSSR count). The van der Waals surface area contributed by atoms with Gasteiger partial charge in [0.1, 0.15) is 6.04 Å². The third-order valence-electron chi connectivity index (χ3n) is 3.04. The van der Waals surface area contributed by atoms with E-state index in [-0.39, 0.29) is 17.5 Å². The Bertz CT molecular complexity index is 364. The number of aliphatic carboxylic acids is 1. The predicted octanol–water partition coefficient (Wildman–Crippen LogP) is 0.208. The number of amides is 1. The smallest absolute Gasteiger partial charge is 0.331 e. The summed E-state index contributed by atoms with van der Waals surface area (Å²) in [7, 11) is 1.56. The number of carboxylic acids is 1. The second-order valence-corrected chi connectivity index (χ2v) is 5.10. The van der Waals surface area contributed by atoms with E-state index in [9.17, 15) is 14.7 Å². The van der Waals surface area contributed by atoms with Gasteiger partial charge in [0, 0.05) is 12.6 Å². The summed E-state index contributed by atoms with van der Waals surface area (Å²) in [5, 5.41) is 18.2. The van der Waals surface area contributed by atoms with Gasteiger partial charge in [-0.15, -0.1) is 0 Å². The van der Waals surface area contributed by atoms with Crippen LogP contribution in [0.25, 0.3) is 0 Å². The fourth-order valence-corrected chi connectivity index (χ4v) is 1.67. The Morgan fingerprint density at radius 2 is 1.74 bits per heavy atom. The van der Waals surface area contributed by atoms with Crippen LogP contribution in [0.4, 0.5) is 0 Å². The van der Waals surface area contributed by atoms with Gasteiger partial charge in [0.05, 0.1) is 12.1 Å². The van der Waals surface area contributed by atoms with Crippen LogP contribution in [0, 0.1) is 5.92 Å². The molecule has 0 heterocycles. The lowest BCUT2D eigenvalue weighted by Crippen LogP contribution is -2.51. The molecule has 1 amide bonds. The zero-order valence-electron chi connectivity index (χ0n) is 12.1. The SMILES string of the molecule is CC(=C[C@H](C(C)C)N(C)C(=O)[C@@H](N)[C@H](C)O)C(=O)O. The molecule has 0 aliphatic heterocycles. The molecule has 110 valence electrons. The topological polar surface area (TPSA) is 104 Å². The maximum absolute atomic E-state index is 12.0. The van der Waals surface area contributed by atoms with Crippen molar-refractivity contribution in [2.75, 3.05) is 7.05 Å². The molecule has 0 aromatic heterocycles. The van der Waals surface area contributed by atoms with Crippen LogP contribution in [0.3, 0.4) is 0 Å². The number of carboxylic acid groups (broad SMARTS) is 1. The first-order chi connectivity index (χ1) is 8.59. The first-order valence-corrected chi connectivity index (χ1v) is 6.21. The fraction of sp³-hybridized carbons (Fsp3) is 0.692. The summed E-state index contributed by atoms with van der Waals surface area (Å²) < 4.78 is 0. The molecule has 0 aliphatic rings. The van der Waals surface area contributed by atoms with E-state index in [1.807, 2.05) is 13.8 Å². The number of nitrogens with two attached hydrogens (primary N) is 1. The minimum atomic E-state index is -1.02. The molecule has 0 spiro atoms. The van der Waals surface area contributed by atoms with E-state index < -0.39 is 24.0 Å². The largest absolute Gasteiger partial charge is 0.478 e. The molecule has 0 unspecified atom stereocenters. The maximum Gasteiger partial charge on any atom is 0.331 e. The zero-order chi connectivity index (χ0) is 15.3. The number of carbonyl (C=O) groups excluding carboxylic acids is 1. The summed E-state index contributed by atoms with van der Waals surface area (Å²) in [6, 6.07) is -1.39. The highest BCUT2D eigenvalue weighted by atomic mass is 16.4. The van der Waals surface area contributed by atoms with Crippen LogP contribution in [0.2, 0.25) is 0 Å². The van der Waals surface area contributed by atoms with Gasteiger partial charge in [0.15, 0.2) is 0 Å². The lowest BCUT2D eigenvalue weighted by atomic mass is 9.99. The molecule has 0 radical (unpaired) electrons. The van der Waals surface area contributed by atoms with Gasteiger partial charge in [-0.1, -0.05) is 19.9 Å². The Labute approximate surface area is 113 Å². The van der Waals surface area contributed by atoms with Crippen molar-refractivity contribution in [3.8, 4) is 0 Å². The van der Waals surface area contributed by atoms with Crippen molar-refractivity contribution >= 4 is 11.9 Å². The van der Waals surface area contributed by atoms with E-state index in [1.54, 1.807) is 7.05 Å². The van der Waals surface area contributed by atoms with E-state index in [0.717, 1.165) is 0 Å². The van der Waals surface area contributed by atoms with Crippen LogP contribution in [-0.4, -0.2) is 52.2 Å². The van der Waals surface area contributed by atoms with E-state index in [1.165, 1.54) is 24.8 Å². The van der Waals surface area contributed by atoms with Gasteiger partial charge in [-0.05, 0) is 19.8 Å². The lowest BCUT2D eigenvalue weighted by molar-refractivity contribution is -0.136. The molecule has 0 saturated carbocycles. The van der Waals surface area contributed by atoms with Crippen molar-refractivity contribution < 1.29 is 19.8 Å². The molecular formula is C13H24N2O4. The minimum Gasteiger partial charge on any atom is -0.478 e. The molecule has 6 heteroatoms. The Hall–Kier alpha value is -1.40. The van der Waals surface area contributed by atoms with Crippen LogP contribution in [0.15, 0.2) is 11.6 Å². The van der Waals surface area contributed by atoms with Gasteiger partial charge in [-0.25, -0.2) is 4.79 Å². The minimum absolute atomic E-state index is 0.0319. The Morgan fingerprint density at radius 1 is 1.26 bits per heavy atom. The van der Waals surface area contributed by atoms with Crippen LogP contribution < -0.4 is 5.73 Å². The Morgan fingerprint density at radius 3 is 2.05 bits per heavy atom. The van der Waals surface area contributed by atoms with Crippen molar-refractivity contribution in [2.45, 2.75) is 45.9 Å². The summed E-state index contributed by atoms with van der Waals surface area (Å²) in [5.74, 6) is -1.40. The van der Waals surface area contributed by atoms with Gasteiger partial charge in [-0.2, -0.15) is 0 Å². The molecule has 19 heavy (non-hydrogen) atoms. The summed E-state index contributed by atoms with van der Waals surface area (Å²) in [5.41, 5.74) is 5.78. The quantitative estimate of drug-likeness (QED) is 0.600. The third-order valence-corrected chi connectivity index (χ3v) is 3.04. The van der Waals surface area contributed by atoms with E-state index >= 15 is 0 Å². The van der Waals surface area contributed by atoms with Crippen molar-refractivity contribution in [3.63, 3.8) is 0 Å². The highest BCUT2D eigenvalue weighted by Crippen LogP contribution is 2.14. The first-order valence-electron chi connectivity index (χ1n) is 6.21. The number of aliphatic hydroxyl groups excluding tert-OH is 1. The van der Waals surface area contributed by atoms with Gasteiger partial charge < -0.3 is 20.8 Å². The molecule has 4 N–H and O–H groups in total. The van der Waals surface area contributed by atoms with Crippen molar-refractivity contribution in [1.82, 2.24) is 4.90 Å². The number of hydrogen-bond donors (Lipinski definition) is 3. The summed E-state index contributed by atoms with van der Waals surface area (Å²) in [6.07, 6.45) is 0.576. The van der Waals surface area contributed by atoms with Crippen molar-refractivity contribution in [3.05, 3.63) is 11.6 Å². The number of hydrogen-bond acceptors (Lipinski definition) is 4. The summed E-state index contributed by atoms with van der Waals surface area (Å²) in [6.45, 7) is 6.69. The second-order valence-electron chi connectivity index (χ2n) is 5.10. The summed E-state index contributed by atoms with van der Waals surface area (Å²) in [4.78, 5) is 24.3. The Kier molecular flexibility index (Phi) is 6.72. The number of rotatable bonds is 6. The zero-order valence-corrected chi connectivity index (χ0v) is 12.1. The average Bonchev–Trinajstić information content (AvgIpc) is 2.31. The molecule has 0 aliphatic carbocycles. The highest BCUT2D eigenvalue weighted by Gasteiger charge is 2.28. The van der Waals surface area contributed by atoms with Crippen molar-refractivity contribution in [1.29, 1.82) is 0 Å². The number of likely N-dealkylation sites (N-methyl/N-ethyl adjacent to an activating group) is 1. The van der Waals surface area contributed by atoms with Crippen LogP contribution in [0.5, 0.6) is 0 Å². The van der Waals surface area contributed by atoms with Crippen LogP contribution >= 0.6 is 0 Å². The number of aliphatic hydroxyl groups is 1. The molecule has 3 atom stereocenters. The molecule has 0 saturated heterocycles. The molecule has 0 bridgehead atoms. The fourth-order valence-electron chi connectivity index (χ4n) is 1.67. The Balaban J connectivity index is 5.16. The van der Waals surface area contributed by atoms with Gasteiger partial charge in [-0.3, -0.25) is 4.79 Å². The van der Waals surface area contributed by atoms with Gasteiger partial charge in [0.2, 0.25) is 5.91 Å². The van der Waals surface area contributed by atoms with Crippen molar-refractivity contribution in [2.24, 2.45) is 11.7 Å². The molecule has 0 aromatic rings. The summed E-state index contributed by atoms with van der Waals surface area (Å²) >= 11 is 0. The molecule has 6 nitrogen and oxygen atoms in total. The van der Waals surface area contributed by atoms with E-state index in [2.05, 4.69) is 0 Å². The maximum atomic E-state index is 12.0.